The normalized spacial score (nSPS) is 26.4. The van der Waals surface area contributed by atoms with Crippen molar-refractivity contribution in [1.82, 2.24) is 24.5 Å². The molecule has 4 rings (SSSR count). The van der Waals surface area contributed by atoms with E-state index in [1.165, 1.54) is 34.6 Å². The average Bonchev–Trinajstić information content (AvgIpc) is 3.07. The molecule has 198 valence electrons. The molecule has 1 aliphatic heterocycles. The molecule has 1 aromatic rings. The fourth-order valence-corrected chi connectivity index (χ4v) is 6.23. The molecule has 8 heteroatoms. The first-order valence-electron chi connectivity index (χ1n) is 13.3. The highest BCUT2D eigenvalue weighted by Crippen LogP contribution is 2.49. The smallest absolute Gasteiger partial charge is 0.321 e. The highest BCUT2D eigenvalue weighted by atomic mass is 16.2. The standard InChI is InChI=1S/C28H43N5O3/c1-29(2)24(34)19-31(5)25(35)20-32-21-27(33(26(32)36)18-22-10-9-11-22)14-16-28(17-15-27,30(3)4)23-12-7-6-8-13-23/h6-8,12-13,22H,9-11,14-21H2,1-5H3/t27-,28-. The van der Waals surface area contributed by atoms with Crippen LogP contribution < -0.4 is 0 Å². The van der Waals surface area contributed by atoms with E-state index in [4.69, 9.17) is 0 Å². The Morgan fingerprint density at radius 2 is 1.58 bits per heavy atom. The minimum Gasteiger partial charge on any atom is -0.347 e. The Balaban J connectivity index is 1.52. The number of urea groups is 1. The maximum atomic E-state index is 13.7. The van der Waals surface area contributed by atoms with Crippen LogP contribution in [-0.4, -0.2) is 109 Å². The molecule has 0 radical (unpaired) electrons. The Hall–Kier alpha value is -2.61. The molecule has 1 heterocycles. The molecule has 0 bridgehead atoms. The van der Waals surface area contributed by atoms with E-state index < -0.39 is 0 Å². The van der Waals surface area contributed by atoms with Crippen LogP contribution in [0.1, 0.15) is 50.5 Å². The van der Waals surface area contributed by atoms with Crippen molar-refractivity contribution in [2.45, 2.75) is 56.0 Å². The molecule has 36 heavy (non-hydrogen) atoms. The third-order valence-electron chi connectivity index (χ3n) is 9.02. The van der Waals surface area contributed by atoms with Crippen molar-refractivity contribution in [3.63, 3.8) is 0 Å². The van der Waals surface area contributed by atoms with Crippen LogP contribution >= 0.6 is 0 Å². The van der Waals surface area contributed by atoms with Crippen molar-refractivity contribution < 1.29 is 14.4 Å². The van der Waals surface area contributed by atoms with Gasteiger partial charge in [0, 0.05) is 39.8 Å². The Labute approximate surface area is 216 Å². The summed E-state index contributed by atoms with van der Waals surface area (Å²) >= 11 is 0. The van der Waals surface area contributed by atoms with Gasteiger partial charge in [-0.1, -0.05) is 36.8 Å². The molecular formula is C28H43N5O3. The van der Waals surface area contributed by atoms with Gasteiger partial charge in [-0.25, -0.2) is 4.79 Å². The monoisotopic (exact) mass is 497 g/mol. The molecule has 1 aromatic carbocycles. The maximum Gasteiger partial charge on any atom is 0.321 e. The molecule has 8 nitrogen and oxygen atoms in total. The zero-order chi connectivity index (χ0) is 26.1. The summed E-state index contributed by atoms with van der Waals surface area (Å²) in [6.07, 6.45) is 7.37. The predicted octanol–water partition coefficient (Wildman–Crippen LogP) is 2.84. The summed E-state index contributed by atoms with van der Waals surface area (Å²) in [4.78, 5) is 47.9. The lowest BCUT2D eigenvalue weighted by Gasteiger charge is -2.51. The fourth-order valence-electron chi connectivity index (χ4n) is 6.23. The van der Waals surface area contributed by atoms with E-state index >= 15 is 0 Å². The highest BCUT2D eigenvalue weighted by molar-refractivity contribution is 5.88. The molecule has 0 aromatic heterocycles. The summed E-state index contributed by atoms with van der Waals surface area (Å²) in [7, 11) is 9.32. The Bertz CT molecular complexity index is 951. The molecule has 3 fully saturated rings. The zero-order valence-electron chi connectivity index (χ0n) is 22.7. The first-order chi connectivity index (χ1) is 17.1. The third-order valence-corrected chi connectivity index (χ3v) is 9.02. The number of carbonyl (C=O) groups is 3. The van der Waals surface area contributed by atoms with Gasteiger partial charge in [-0.3, -0.25) is 14.5 Å². The predicted molar refractivity (Wildman–Crippen MR) is 140 cm³/mol. The lowest BCUT2D eigenvalue weighted by atomic mass is 9.68. The van der Waals surface area contributed by atoms with Crippen LogP contribution in [0.25, 0.3) is 0 Å². The van der Waals surface area contributed by atoms with E-state index in [0.29, 0.717) is 12.5 Å². The van der Waals surface area contributed by atoms with Gasteiger partial charge in [-0.2, -0.15) is 0 Å². The van der Waals surface area contributed by atoms with E-state index in [0.717, 1.165) is 32.2 Å². The molecule has 3 aliphatic rings. The van der Waals surface area contributed by atoms with Gasteiger partial charge in [0.1, 0.15) is 6.54 Å². The second-order valence-electron chi connectivity index (χ2n) is 11.6. The van der Waals surface area contributed by atoms with Crippen LogP contribution in [0, 0.1) is 5.92 Å². The lowest BCUT2D eigenvalue weighted by molar-refractivity contribution is -0.138. The SMILES string of the molecule is CN(C)C(=O)CN(C)C(=O)CN1C[C@]2(CC[C@@](c3ccccc3)(N(C)C)CC2)N(CC2CCC2)C1=O. The molecule has 1 spiro atoms. The molecular weight excluding hydrogens is 454 g/mol. The van der Waals surface area contributed by atoms with Gasteiger partial charge in [0.25, 0.3) is 0 Å². The quantitative estimate of drug-likeness (QED) is 0.554. The summed E-state index contributed by atoms with van der Waals surface area (Å²) in [5, 5.41) is 0. The van der Waals surface area contributed by atoms with Crippen molar-refractivity contribution in [2.24, 2.45) is 5.92 Å². The first kappa shape index (κ1) is 26.5. The van der Waals surface area contributed by atoms with Crippen LogP contribution in [-0.2, 0) is 15.1 Å². The van der Waals surface area contributed by atoms with Gasteiger partial charge in [-0.15, -0.1) is 0 Å². The summed E-state index contributed by atoms with van der Waals surface area (Å²) in [6.45, 7) is 1.42. The molecule has 4 amide bonds. The van der Waals surface area contributed by atoms with Crippen LogP contribution in [0.3, 0.4) is 0 Å². The number of rotatable bonds is 8. The summed E-state index contributed by atoms with van der Waals surface area (Å²) < 4.78 is 0. The van der Waals surface area contributed by atoms with Crippen LogP contribution in [0.15, 0.2) is 30.3 Å². The van der Waals surface area contributed by atoms with Crippen LogP contribution in [0.4, 0.5) is 4.79 Å². The molecule has 0 N–H and O–H groups in total. The number of carbonyl (C=O) groups excluding carboxylic acids is 3. The van der Waals surface area contributed by atoms with E-state index in [9.17, 15) is 14.4 Å². The fraction of sp³-hybridized carbons (Fsp3) is 0.679. The minimum absolute atomic E-state index is 0.0142. The van der Waals surface area contributed by atoms with Gasteiger partial charge in [0.05, 0.1) is 12.1 Å². The summed E-state index contributed by atoms with van der Waals surface area (Å²) in [5.41, 5.74) is 1.05. The Morgan fingerprint density at radius 3 is 2.11 bits per heavy atom. The second kappa shape index (κ2) is 10.4. The Kier molecular flexibility index (Phi) is 7.64. The van der Waals surface area contributed by atoms with Crippen LogP contribution in [0.5, 0.6) is 0 Å². The van der Waals surface area contributed by atoms with Gasteiger partial charge in [0.15, 0.2) is 0 Å². The van der Waals surface area contributed by atoms with E-state index in [2.05, 4.69) is 54.2 Å². The number of hydrogen-bond acceptors (Lipinski definition) is 4. The number of benzene rings is 1. The maximum absolute atomic E-state index is 13.7. The van der Waals surface area contributed by atoms with E-state index in [-0.39, 0.29) is 42.0 Å². The van der Waals surface area contributed by atoms with Gasteiger partial charge < -0.3 is 19.6 Å². The number of likely N-dealkylation sites (N-methyl/N-ethyl adjacent to an activating group) is 2. The lowest BCUT2D eigenvalue weighted by Crippen LogP contribution is -2.56. The minimum atomic E-state index is -0.237. The van der Waals surface area contributed by atoms with Crippen molar-refractivity contribution in [2.75, 3.05) is 61.4 Å². The van der Waals surface area contributed by atoms with E-state index in [1.807, 2.05) is 0 Å². The van der Waals surface area contributed by atoms with Gasteiger partial charge in [-0.05, 0) is 64.1 Å². The molecule has 2 aliphatic carbocycles. The topological polar surface area (TPSA) is 67.4 Å². The molecule has 2 saturated carbocycles. The molecule has 0 unspecified atom stereocenters. The molecule has 0 atom stereocenters. The zero-order valence-corrected chi connectivity index (χ0v) is 22.7. The summed E-state index contributed by atoms with van der Waals surface area (Å²) in [5.74, 6) is 0.244. The highest BCUT2D eigenvalue weighted by Gasteiger charge is 2.55. The first-order valence-corrected chi connectivity index (χ1v) is 13.3. The average molecular weight is 498 g/mol. The number of nitrogens with zero attached hydrogens (tertiary/aromatic N) is 5. The van der Waals surface area contributed by atoms with Crippen molar-refractivity contribution >= 4 is 17.8 Å². The van der Waals surface area contributed by atoms with Crippen LogP contribution in [0.2, 0.25) is 0 Å². The summed E-state index contributed by atoms with van der Waals surface area (Å²) in [6, 6.07) is 10.7. The van der Waals surface area contributed by atoms with Crippen molar-refractivity contribution in [1.29, 1.82) is 0 Å². The largest absolute Gasteiger partial charge is 0.347 e. The number of hydrogen-bond donors (Lipinski definition) is 0. The number of amides is 4. The second-order valence-corrected chi connectivity index (χ2v) is 11.6. The third kappa shape index (κ3) is 4.97. The van der Waals surface area contributed by atoms with Gasteiger partial charge >= 0.3 is 6.03 Å². The molecule has 1 saturated heterocycles. The van der Waals surface area contributed by atoms with Crippen molar-refractivity contribution in [3.8, 4) is 0 Å². The van der Waals surface area contributed by atoms with Gasteiger partial charge in [0.2, 0.25) is 11.8 Å². The Morgan fingerprint density at radius 1 is 0.944 bits per heavy atom. The van der Waals surface area contributed by atoms with Crippen molar-refractivity contribution in [3.05, 3.63) is 35.9 Å². The van der Waals surface area contributed by atoms with E-state index in [1.54, 1.807) is 26.0 Å².